The van der Waals surface area contributed by atoms with E-state index < -0.39 is 11.6 Å². The van der Waals surface area contributed by atoms with Crippen molar-refractivity contribution in [2.75, 3.05) is 6.26 Å². The fraction of sp³-hybridized carbons (Fsp3) is 0.250. The molecule has 0 unspecified atom stereocenters. The number of halogens is 3. The minimum absolute atomic E-state index is 0.398. The van der Waals surface area contributed by atoms with Crippen LogP contribution >= 0.6 is 27.7 Å². The van der Waals surface area contributed by atoms with Crippen LogP contribution < -0.4 is 0 Å². The van der Waals surface area contributed by atoms with E-state index in [9.17, 15) is 8.78 Å². The van der Waals surface area contributed by atoms with Gasteiger partial charge in [0.2, 0.25) is 0 Å². The maximum atomic E-state index is 13.0. The van der Waals surface area contributed by atoms with E-state index >= 15 is 0 Å². The Morgan fingerprint density at radius 3 is 2.67 bits per heavy atom. The molecule has 0 saturated carbocycles. The molecule has 1 rings (SSSR count). The topological polar surface area (TPSA) is 0 Å². The zero-order chi connectivity index (χ0) is 9.14. The fourth-order valence-corrected chi connectivity index (χ4v) is 1.87. The molecule has 1 aromatic rings. The van der Waals surface area contributed by atoms with Gasteiger partial charge in [0.15, 0.2) is 11.6 Å². The monoisotopic (exact) mass is 252 g/mol. The van der Waals surface area contributed by atoms with Crippen LogP contribution in [-0.2, 0) is 5.75 Å². The first-order valence-electron chi connectivity index (χ1n) is 3.27. The standard InChI is InChI=1S/C8H7BrF2S/c1-12-4-5-2-6(9)3-7(10)8(5)11/h2-3H,4H2,1H3. The molecule has 0 amide bonds. The number of hydrogen-bond acceptors (Lipinski definition) is 1. The van der Waals surface area contributed by atoms with Crippen molar-refractivity contribution in [2.24, 2.45) is 0 Å². The van der Waals surface area contributed by atoms with Gasteiger partial charge in [-0.25, -0.2) is 8.78 Å². The second kappa shape index (κ2) is 4.23. The summed E-state index contributed by atoms with van der Waals surface area (Å²) in [5.74, 6) is -1.05. The Hall–Kier alpha value is -0.0900. The van der Waals surface area contributed by atoms with Crippen molar-refractivity contribution in [3.8, 4) is 0 Å². The molecular weight excluding hydrogens is 246 g/mol. The van der Waals surface area contributed by atoms with Gasteiger partial charge in [-0.2, -0.15) is 11.8 Å². The van der Waals surface area contributed by atoms with Gasteiger partial charge in [-0.3, -0.25) is 0 Å². The van der Waals surface area contributed by atoms with E-state index in [0.717, 1.165) is 6.07 Å². The summed E-state index contributed by atoms with van der Waals surface area (Å²) in [6, 6.07) is 2.72. The molecular formula is C8H7BrF2S. The Morgan fingerprint density at radius 2 is 2.08 bits per heavy atom. The third-order valence-electron chi connectivity index (χ3n) is 1.37. The zero-order valence-electron chi connectivity index (χ0n) is 6.40. The Morgan fingerprint density at radius 1 is 1.42 bits per heavy atom. The fourth-order valence-electron chi connectivity index (χ4n) is 0.870. The average Bonchev–Trinajstić information content (AvgIpc) is 2.00. The predicted molar refractivity (Wildman–Crippen MR) is 51.3 cm³/mol. The molecule has 0 aromatic heterocycles. The van der Waals surface area contributed by atoms with Gasteiger partial charge in [0, 0.05) is 15.8 Å². The number of benzene rings is 1. The van der Waals surface area contributed by atoms with Crippen molar-refractivity contribution in [3.05, 3.63) is 33.8 Å². The van der Waals surface area contributed by atoms with Crippen LogP contribution in [0.5, 0.6) is 0 Å². The first kappa shape index (κ1) is 9.99. The van der Waals surface area contributed by atoms with Crippen LogP contribution in [0.4, 0.5) is 8.78 Å². The Balaban J connectivity index is 3.09. The molecule has 1 aromatic carbocycles. The van der Waals surface area contributed by atoms with E-state index in [1.165, 1.54) is 11.8 Å². The van der Waals surface area contributed by atoms with Gasteiger partial charge in [-0.15, -0.1) is 0 Å². The van der Waals surface area contributed by atoms with Crippen LogP contribution in [-0.4, -0.2) is 6.26 Å². The number of hydrogen-bond donors (Lipinski definition) is 0. The Labute approximate surface area is 82.5 Å². The SMILES string of the molecule is CSCc1cc(Br)cc(F)c1F. The molecule has 0 atom stereocenters. The second-order valence-corrected chi connectivity index (χ2v) is 4.08. The molecule has 0 aliphatic carbocycles. The molecule has 0 spiro atoms. The molecule has 0 aliphatic rings. The number of thioether (sulfide) groups is 1. The number of rotatable bonds is 2. The third-order valence-corrected chi connectivity index (χ3v) is 2.43. The molecule has 0 aliphatic heterocycles. The lowest BCUT2D eigenvalue weighted by Crippen LogP contribution is -1.92. The van der Waals surface area contributed by atoms with E-state index in [-0.39, 0.29) is 0 Å². The van der Waals surface area contributed by atoms with Crippen LogP contribution in [0.15, 0.2) is 16.6 Å². The summed E-state index contributed by atoms with van der Waals surface area (Å²) in [7, 11) is 0. The van der Waals surface area contributed by atoms with Gasteiger partial charge >= 0.3 is 0 Å². The van der Waals surface area contributed by atoms with Crippen LogP contribution in [0.25, 0.3) is 0 Å². The van der Waals surface area contributed by atoms with E-state index in [1.807, 2.05) is 6.26 Å². The smallest absolute Gasteiger partial charge is 0.162 e. The van der Waals surface area contributed by atoms with Gasteiger partial charge < -0.3 is 0 Å². The largest absolute Gasteiger partial charge is 0.204 e. The van der Waals surface area contributed by atoms with Gasteiger partial charge in [0.1, 0.15) is 0 Å². The zero-order valence-corrected chi connectivity index (χ0v) is 8.81. The minimum Gasteiger partial charge on any atom is -0.204 e. The highest BCUT2D eigenvalue weighted by atomic mass is 79.9. The van der Waals surface area contributed by atoms with E-state index in [4.69, 9.17) is 0 Å². The molecule has 12 heavy (non-hydrogen) atoms. The molecule has 0 bridgehead atoms. The molecule has 0 nitrogen and oxygen atoms in total. The maximum absolute atomic E-state index is 13.0. The lowest BCUT2D eigenvalue weighted by atomic mass is 10.2. The average molecular weight is 253 g/mol. The van der Waals surface area contributed by atoms with Crippen LogP contribution in [0.1, 0.15) is 5.56 Å². The lowest BCUT2D eigenvalue weighted by Gasteiger charge is -2.02. The molecule has 0 heterocycles. The predicted octanol–water partition coefficient (Wildman–Crippen LogP) is 3.59. The molecule has 66 valence electrons. The van der Waals surface area contributed by atoms with Gasteiger partial charge in [-0.1, -0.05) is 15.9 Å². The Bertz CT molecular complexity index is 289. The van der Waals surface area contributed by atoms with Crippen molar-refractivity contribution >= 4 is 27.7 Å². The summed E-state index contributed by atoms with van der Waals surface area (Å²) in [6.07, 6.45) is 1.85. The normalized spacial score (nSPS) is 10.3. The highest BCUT2D eigenvalue weighted by Crippen LogP contribution is 2.21. The molecule has 0 radical (unpaired) electrons. The van der Waals surface area contributed by atoms with Crippen molar-refractivity contribution in [3.63, 3.8) is 0 Å². The third kappa shape index (κ3) is 2.20. The summed E-state index contributed by atoms with van der Waals surface area (Å²) in [5, 5.41) is 0. The minimum atomic E-state index is -0.798. The van der Waals surface area contributed by atoms with Crippen molar-refractivity contribution in [1.29, 1.82) is 0 Å². The summed E-state index contributed by atoms with van der Waals surface area (Å²) in [6.45, 7) is 0. The highest BCUT2D eigenvalue weighted by molar-refractivity contribution is 9.10. The van der Waals surface area contributed by atoms with E-state index in [1.54, 1.807) is 6.07 Å². The van der Waals surface area contributed by atoms with Crippen LogP contribution in [0, 0.1) is 11.6 Å². The first-order valence-corrected chi connectivity index (χ1v) is 5.46. The van der Waals surface area contributed by atoms with Gasteiger partial charge in [0.25, 0.3) is 0 Å². The van der Waals surface area contributed by atoms with Crippen molar-refractivity contribution < 1.29 is 8.78 Å². The van der Waals surface area contributed by atoms with Crippen molar-refractivity contribution in [2.45, 2.75) is 5.75 Å². The van der Waals surface area contributed by atoms with Gasteiger partial charge in [-0.05, 0) is 18.4 Å². The van der Waals surface area contributed by atoms with E-state index in [2.05, 4.69) is 15.9 Å². The second-order valence-electron chi connectivity index (χ2n) is 2.29. The van der Waals surface area contributed by atoms with Crippen LogP contribution in [0.3, 0.4) is 0 Å². The molecule has 0 saturated heterocycles. The van der Waals surface area contributed by atoms with E-state index in [0.29, 0.717) is 15.8 Å². The molecule has 4 heteroatoms. The molecule has 0 fully saturated rings. The first-order chi connectivity index (χ1) is 5.65. The summed E-state index contributed by atoms with van der Waals surface area (Å²) < 4.78 is 26.3. The summed E-state index contributed by atoms with van der Waals surface area (Å²) in [5.41, 5.74) is 0.398. The van der Waals surface area contributed by atoms with Crippen LogP contribution in [0.2, 0.25) is 0 Å². The quantitative estimate of drug-likeness (QED) is 0.726. The summed E-state index contributed by atoms with van der Waals surface area (Å²) >= 11 is 4.56. The lowest BCUT2D eigenvalue weighted by molar-refractivity contribution is 0.501. The Kier molecular flexibility index (Phi) is 3.53. The maximum Gasteiger partial charge on any atom is 0.162 e. The van der Waals surface area contributed by atoms with Gasteiger partial charge in [0.05, 0.1) is 0 Å². The van der Waals surface area contributed by atoms with Crippen molar-refractivity contribution in [1.82, 2.24) is 0 Å². The highest BCUT2D eigenvalue weighted by Gasteiger charge is 2.08. The summed E-state index contributed by atoms with van der Waals surface area (Å²) in [4.78, 5) is 0. The molecule has 0 N–H and O–H groups in total.